The summed E-state index contributed by atoms with van der Waals surface area (Å²) in [4.78, 5) is 27.5. The minimum Gasteiger partial charge on any atom is -0.377 e. The van der Waals surface area contributed by atoms with Gasteiger partial charge in [0.15, 0.2) is 0 Å². The standard InChI is InChI=1S/C27H31F3N2O2S/c1-25(2)10-11-26(3,4)20-13-18(27(28,29)30)17(12-19(20)25)23-16(8-7-9-21(23)31(5)6)14-32-22(33)15-35-24(32)34/h7-9,12-13H,10-11,14-15H2,1-6H3. The predicted octanol–water partition coefficient (Wildman–Crippen LogP) is 6.98. The molecule has 1 fully saturated rings. The molecule has 2 aliphatic rings. The molecule has 188 valence electrons. The molecule has 0 unspecified atom stereocenters. The van der Waals surface area contributed by atoms with E-state index in [1.807, 2.05) is 13.8 Å². The molecule has 8 heteroatoms. The zero-order chi connectivity index (χ0) is 25.9. The first-order valence-electron chi connectivity index (χ1n) is 11.7. The van der Waals surface area contributed by atoms with Crippen molar-refractivity contribution in [1.29, 1.82) is 0 Å². The fourth-order valence-corrected chi connectivity index (χ4v) is 5.89. The number of amides is 2. The molecule has 0 saturated carbocycles. The molecule has 4 rings (SSSR count). The van der Waals surface area contributed by atoms with Gasteiger partial charge in [0, 0.05) is 25.3 Å². The molecular weight excluding hydrogens is 473 g/mol. The summed E-state index contributed by atoms with van der Waals surface area (Å²) in [5.41, 5.74) is 1.91. The van der Waals surface area contributed by atoms with E-state index in [0.29, 0.717) is 16.8 Å². The van der Waals surface area contributed by atoms with Gasteiger partial charge in [-0.1, -0.05) is 51.6 Å². The molecule has 4 nitrogen and oxygen atoms in total. The molecule has 35 heavy (non-hydrogen) atoms. The highest BCUT2D eigenvalue weighted by atomic mass is 32.2. The number of rotatable bonds is 4. The number of alkyl halides is 3. The van der Waals surface area contributed by atoms with E-state index in [2.05, 4.69) is 13.8 Å². The van der Waals surface area contributed by atoms with E-state index in [1.165, 1.54) is 6.07 Å². The molecule has 2 aromatic rings. The lowest BCUT2D eigenvalue weighted by atomic mass is 9.62. The molecule has 0 aromatic heterocycles. The third kappa shape index (κ3) is 4.57. The molecule has 0 N–H and O–H groups in total. The summed E-state index contributed by atoms with van der Waals surface area (Å²) in [6.45, 7) is 8.10. The number of benzene rings is 2. The van der Waals surface area contributed by atoms with Crippen molar-refractivity contribution in [1.82, 2.24) is 4.90 Å². The number of halogens is 3. The molecule has 1 heterocycles. The number of carbonyl (C=O) groups excluding carboxylic acids is 2. The van der Waals surface area contributed by atoms with Gasteiger partial charge in [-0.05, 0) is 64.1 Å². The Kier molecular flexibility index (Phi) is 6.27. The summed E-state index contributed by atoms with van der Waals surface area (Å²) in [5, 5.41) is -0.374. The van der Waals surface area contributed by atoms with Crippen LogP contribution in [0.4, 0.5) is 23.7 Å². The third-order valence-corrected chi connectivity index (χ3v) is 8.20. The van der Waals surface area contributed by atoms with E-state index in [4.69, 9.17) is 0 Å². The first-order valence-corrected chi connectivity index (χ1v) is 12.6. The van der Waals surface area contributed by atoms with Gasteiger partial charge in [-0.25, -0.2) is 0 Å². The second-order valence-electron chi connectivity index (χ2n) is 10.9. The van der Waals surface area contributed by atoms with Crippen LogP contribution < -0.4 is 4.90 Å². The van der Waals surface area contributed by atoms with Crippen molar-refractivity contribution in [2.45, 2.75) is 64.1 Å². The fourth-order valence-electron chi connectivity index (χ4n) is 5.16. The van der Waals surface area contributed by atoms with Crippen LogP contribution in [0.1, 0.15) is 62.8 Å². The van der Waals surface area contributed by atoms with Crippen LogP contribution in [0, 0.1) is 0 Å². The van der Waals surface area contributed by atoms with E-state index in [9.17, 15) is 22.8 Å². The van der Waals surface area contributed by atoms with Gasteiger partial charge in [-0.2, -0.15) is 13.2 Å². The Bertz CT molecular complexity index is 1190. The lowest BCUT2D eigenvalue weighted by Gasteiger charge is -2.42. The van der Waals surface area contributed by atoms with Crippen LogP contribution in [0.25, 0.3) is 11.1 Å². The molecule has 1 aliphatic carbocycles. The predicted molar refractivity (Wildman–Crippen MR) is 135 cm³/mol. The second-order valence-corrected chi connectivity index (χ2v) is 11.9. The zero-order valence-corrected chi connectivity index (χ0v) is 21.8. The van der Waals surface area contributed by atoms with Gasteiger partial charge >= 0.3 is 6.18 Å². The smallest absolute Gasteiger partial charge is 0.377 e. The van der Waals surface area contributed by atoms with Gasteiger partial charge < -0.3 is 4.90 Å². The van der Waals surface area contributed by atoms with Crippen LogP contribution in [0.2, 0.25) is 0 Å². The Morgan fingerprint density at radius 3 is 2.11 bits per heavy atom. The number of nitrogens with zero attached hydrogens (tertiary/aromatic N) is 2. The number of anilines is 1. The quantitative estimate of drug-likeness (QED) is 0.450. The Morgan fingerprint density at radius 2 is 1.60 bits per heavy atom. The Balaban J connectivity index is 2.04. The van der Waals surface area contributed by atoms with E-state index < -0.39 is 11.7 Å². The number of imide groups is 1. The molecule has 0 atom stereocenters. The van der Waals surface area contributed by atoms with Crippen LogP contribution in [-0.2, 0) is 28.3 Å². The normalized spacial score (nSPS) is 19.2. The highest BCUT2D eigenvalue weighted by Gasteiger charge is 2.42. The number of thioether (sulfide) groups is 1. The maximum atomic E-state index is 14.6. The maximum Gasteiger partial charge on any atom is 0.417 e. The van der Waals surface area contributed by atoms with Gasteiger partial charge in [0.25, 0.3) is 5.24 Å². The number of hydrogen-bond donors (Lipinski definition) is 0. The van der Waals surface area contributed by atoms with Gasteiger partial charge in [0.1, 0.15) is 0 Å². The Morgan fingerprint density at radius 1 is 1.00 bits per heavy atom. The first kappa shape index (κ1) is 25.6. The molecule has 0 bridgehead atoms. The van der Waals surface area contributed by atoms with Crippen molar-refractivity contribution in [3.05, 3.63) is 52.6 Å². The van der Waals surface area contributed by atoms with E-state index >= 15 is 0 Å². The summed E-state index contributed by atoms with van der Waals surface area (Å²) in [6.07, 6.45) is -2.90. The number of fused-ring (bicyclic) bond motifs is 1. The molecule has 2 amide bonds. The van der Waals surface area contributed by atoms with E-state index in [-0.39, 0.29) is 39.8 Å². The van der Waals surface area contributed by atoms with Crippen LogP contribution in [0.3, 0.4) is 0 Å². The van der Waals surface area contributed by atoms with E-state index in [1.54, 1.807) is 43.3 Å². The van der Waals surface area contributed by atoms with Crippen molar-refractivity contribution < 1.29 is 22.8 Å². The number of carbonyl (C=O) groups is 2. The first-order chi connectivity index (χ1) is 16.1. The van der Waals surface area contributed by atoms with Crippen molar-refractivity contribution >= 4 is 28.6 Å². The molecule has 0 radical (unpaired) electrons. The average molecular weight is 505 g/mol. The largest absolute Gasteiger partial charge is 0.417 e. The van der Waals surface area contributed by atoms with Crippen molar-refractivity contribution in [3.8, 4) is 11.1 Å². The molecule has 2 aromatic carbocycles. The van der Waals surface area contributed by atoms with Gasteiger partial charge in [-0.3, -0.25) is 14.5 Å². The monoisotopic (exact) mass is 504 g/mol. The third-order valence-electron chi connectivity index (χ3n) is 7.35. The van der Waals surface area contributed by atoms with Gasteiger partial charge in [-0.15, -0.1) is 0 Å². The van der Waals surface area contributed by atoms with Crippen molar-refractivity contribution in [3.63, 3.8) is 0 Å². The Hall–Kier alpha value is -2.48. The van der Waals surface area contributed by atoms with Crippen LogP contribution in [0.15, 0.2) is 30.3 Å². The SMILES string of the molecule is CN(C)c1cccc(CN2C(=O)CSC2=O)c1-c1cc2c(cc1C(F)(F)F)C(C)(C)CCC2(C)C. The lowest BCUT2D eigenvalue weighted by Crippen LogP contribution is -2.34. The molecule has 0 spiro atoms. The van der Waals surface area contributed by atoms with E-state index in [0.717, 1.165) is 40.6 Å². The molecular formula is C27H31F3N2O2S. The topological polar surface area (TPSA) is 40.6 Å². The lowest BCUT2D eigenvalue weighted by molar-refractivity contribution is -0.137. The Labute approximate surface area is 208 Å². The highest BCUT2D eigenvalue weighted by Crippen LogP contribution is 2.51. The zero-order valence-electron chi connectivity index (χ0n) is 21.0. The summed E-state index contributed by atoms with van der Waals surface area (Å²) in [6, 6.07) is 8.29. The van der Waals surface area contributed by atoms with Gasteiger partial charge in [0.2, 0.25) is 5.91 Å². The van der Waals surface area contributed by atoms with Crippen LogP contribution >= 0.6 is 11.8 Å². The average Bonchev–Trinajstić information content (AvgIpc) is 3.07. The second kappa shape index (κ2) is 8.57. The summed E-state index contributed by atoms with van der Waals surface area (Å²) < 4.78 is 43.8. The van der Waals surface area contributed by atoms with Gasteiger partial charge in [0.05, 0.1) is 17.9 Å². The molecule has 1 aliphatic heterocycles. The minimum absolute atomic E-state index is 0.0530. The fraction of sp³-hybridized carbons (Fsp3) is 0.481. The highest BCUT2D eigenvalue weighted by molar-refractivity contribution is 8.14. The number of hydrogen-bond acceptors (Lipinski definition) is 4. The summed E-state index contributed by atoms with van der Waals surface area (Å²) >= 11 is 0.917. The van der Waals surface area contributed by atoms with Crippen molar-refractivity contribution in [2.24, 2.45) is 0 Å². The van der Waals surface area contributed by atoms with Crippen molar-refractivity contribution in [2.75, 3.05) is 24.7 Å². The van der Waals surface area contributed by atoms with Crippen LogP contribution in [-0.4, -0.2) is 35.9 Å². The van der Waals surface area contributed by atoms with Crippen LogP contribution in [0.5, 0.6) is 0 Å². The summed E-state index contributed by atoms with van der Waals surface area (Å²) in [7, 11) is 3.56. The summed E-state index contributed by atoms with van der Waals surface area (Å²) in [5.74, 6) is -0.275. The minimum atomic E-state index is -4.58. The molecule has 1 saturated heterocycles. The maximum absolute atomic E-state index is 14.6.